The molecule has 0 saturated carbocycles. The molecule has 2 aromatic carbocycles. The molecule has 0 bridgehead atoms. The molecular formula is C22H29NO3. The van der Waals surface area contributed by atoms with E-state index in [4.69, 9.17) is 9.47 Å². The molecule has 0 fully saturated rings. The highest BCUT2D eigenvalue weighted by atomic mass is 16.5. The molecule has 0 radical (unpaired) electrons. The Morgan fingerprint density at radius 2 is 1.62 bits per heavy atom. The highest BCUT2D eigenvalue weighted by molar-refractivity contribution is 6.06. The maximum atomic E-state index is 12.8. The molecule has 4 heteroatoms. The van der Waals surface area contributed by atoms with Crippen LogP contribution in [-0.4, -0.2) is 19.1 Å². The third-order valence-electron chi connectivity index (χ3n) is 3.98. The summed E-state index contributed by atoms with van der Waals surface area (Å²) < 4.78 is 11.6. The number of para-hydroxylation sites is 3. The summed E-state index contributed by atoms with van der Waals surface area (Å²) in [5.41, 5.74) is 1.20. The van der Waals surface area contributed by atoms with Crippen LogP contribution in [0.4, 0.5) is 5.69 Å². The number of ether oxygens (including phenoxy) is 2. The first-order chi connectivity index (χ1) is 12.6. The van der Waals surface area contributed by atoms with Crippen LogP contribution in [0.2, 0.25) is 0 Å². The minimum Gasteiger partial charge on any atom is -0.493 e. The van der Waals surface area contributed by atoms with Crippen LogP contribution >= 0.6 is 0 Å². The number of rotatable bonds is 10. The van der Waals surface area contributed by atoms with E-state index in [1.807, 2.05) is 42.5 Å². The number of carbonyl (C=O) groups is 1. The lowest BCUT2D eigenvalue weighted by Gasteiger charge is -2.15. The quantitative estimate of drug-likeness (QED) is 0.569. The van der Waals surface area contributed by atoms with Gasteiger partial charge in [-0.15, -0.1) is 0 Å². The molecule has 0 atom stereocenters. The minimum absolute atomic E-state index is 0.198. The van der Waals surface area contributed by atoms with Gasteiger partial charge >= 0.3 is 0 Å². The van der Waals surface area contributed by atoms with Gasteiger partial charge in [-0.1, -0.05) is 51.5 Å². The van der Waals surface area contributed by atoms with E-state index in [1.165, 1.54) is 0 Å². The maximum Gasteiger partial charge on any atom is 0.259 e. The fourth-order valence-electron chi connectivity index (χ4n) is 2.40. The molecule has 4 nitrogen and oxygen atoms in total. The van der Waals surface area contributed by atoms with E-state index < -0.39 is 0 Å². The summed E-state index contributed by atoms with van der Waals surface area (Å²) in [5.74, 6) is 1.65. The van der Waals surface area contributed by atoms with Crippen molar-refractivity contribution in [2.75, 3.05) is 18.5 Å². The average Bonchev–Trinajstić information content (AvgIpc) is 2.63. The van der Waals surface area contributed by atoms with Gasteiger partial charge in [0, 0.05) is 0 Å². The molecule has 0 heterocycles. The van der Waals surface area contributed by atoms with Gasteiger partial charge in [-0.05, 0) is 43.0 Å². The Bertz CT molecular complexity index is 697. The summed E-state index contributed by atoms with van der Waals surface area (Å²) in [7, 11) is 0. The SMILES string of the molecule is CCCCOc1ccccc1NC(=O)c1ccccc1OCCC(C)C. The average molecular weight is 355 g/mol. The van der Waals surface area contributed by atoms with Crippen LogP contribution in [0.15, 0.2) is 48.5 Å². The maximum absolute atomic E-state index is 12.8. The second-order valence-corrected chi connectivity index (χ2v) is 6.68. The van der Waals surface area contributed by atoms with Crippen LogP contribution in [0.5, 0.6) is 11.5 Å². The van der Waals surface area contributed by atoms with Crippen LogP contribution in [-0.2, 0) is 0 Å². The molecule has 0 spiro atoms. The Morgan fingerprint density at radius 1 is 0.962 bits per heavy atom. The molecular weight excluding hydrogens is 326 g/mol. The van der Waals surface area contributed by atoms with Crippen molar-refractivity contribution in [3.8, 4) is 11.5 Å². The number of anilines is 1. The van der Waals surface area contributed by atoms with Crippen molar-refractivity contribution in [3.63, 3.8) is 0 Å². The van der Waals surface area contributed by atoms with Gasteiger partial charge in [0.15, 0.2) is 0 Å². The van der Waals surface area contributed by atoms with Gasteiger partial charge in [-0.2, -0.15) is 0 Å². The largest absolute Gasteiger partial charge is 0.493 e. The lowest BCUT2D eigenvalue weighted by Crippen LogP contribution is -2.15. The molecule has 0 unspecified atom stereocenters. The van der Waals surface area contributed by atoms with Crippen molar-refractivity contribution in [1.82, 2.24) is 0 Å². The smallest absolute Gasteiger partial charge is 0.259 e. The summed E-state index contributed by atoms with van der Waals surface area (Å²) in [5, 5.41) is 2.95. The fourth-order valence-corrected chi connectivity index (χ4v) is 2.40. The number of unbranched alkanes of at least 4 members (excludes halogenated alkanes) is 1. The summed E-state index contributed by atoms with van der Waals surface area (Å²) in [6, 6.07) is 14.8. The minimum atomic E-state index is -0.198. The van der Waals surface area contributed by atoms with E-state index in [0.717, 1.165) is 19.3 Å². The molecule has 1 N–H and O–H groups in total. The van der Waals surface area contributed by atoms with Crippen molar-refractivity contribution in [3.05, 3.63) is 54.1 Å². The van der Waals surface area contributed by atoms with Gasteiger partial charge in [0.2, 0.25) is 0 Å². The molecule has 0 aromatic heterocycles. The molecule has 26 heavy (non-hydrogen) atoms. The van der Waals surface area contributed by atoms with Crippen LogP contribution < -0.4 is 14.8 Å². The van der Waals surface area contributed by atoms with Gasteiger partial charge in [-0.25, -0.2) is 0 Å². The lowest BCUT2D eigenvalue weighted by molar-refractivity contribution is 0.102. The third-order valence-corrected chi connectivity index (χ3v) is 3.98. The Hall–Kier alpha value is -2.49. The van der Waals surface area contributed by atoms with E-state index in [0.29, 0.717) is 41.9 Å². The van der Waals surface area contributed by atoms with E-state index in [9.17, 15) is 4.79 Å². The van der Waals surface area contributed by atoms with Gasteiger partial charge in [0.05, 0.1) is 24.5 Å². The van der Waals surface area contributed by atoms with Gasteiger partial charge < -0.3 is 14.8 Å². The van der Waals surface area contributed by atoms with Crippen molar-refractivity contribution in [1.29, 1.82) is 0 Å². The van der Waals surface area contributed by atoms with Crippen molar-refractivity contribution in [2.24, 2.45) is 5.92 Å². The Kier molecular flexibility index (Phi) is 8.00. The molecule has 140 valence electrons. The van der Waals surface area contributed by atoms with E-state index in [2.05, 4.69) is 26.1 Å². The highest BCUT2D eigenvalue weighted by Crippen LogP contribution is 2.26. The van der Waals surface area contributed by atoms with E-state index in [1.54, 1.807) is 6.07 Å². The summed E-state index contributed by atoms with van der Waals surface area (Å²) in [4.78, 5) is 12.8. The van der Waals surface area contributed by atoms with Crippen molar-refractivity contribution in [2.45, 2.75) is 40.0 Å². The first kappa shape index (κ1) is 19.8. The summed E-state index contributed by atoms with van der Waals surface area (Å²) in [6.07, 6.45) is 2.99. The topological polar surface area (TPSA) is 47.6 Å². The lowest BCUT2D eigenvalue weighted by atomic mass is 10.1. The second-order valence-electron chi connectivity index (χ2n) is 6.68. The van der Waals surface area contributed by atoms with Crippen molar-refractivity contribution < 1.29 is 14.3 Å². The molecule has 0 aliphatic heterocycles. The Morgan fingerprint density at radius 3 is 2.35 bits per heavy atom. The molecule has 2 rings (SSSR count). The second kappa shape index (κ2) is 10.5. The fraction of sp³-hybridized carbons (Fsp3) is 0.409. The molecule has 0 aliphatic rings. The number of carbonyl (C=O) groups excluding carboxylic acids is 1. The third kappa shape index (κ3) is 6.10. The number of hydrogen-bond acceptors (Lipinski definition) is 3. The number of nitrogens with one attached hydrogen (secondary N) is 1. The first-order valence-electron chi connectivity index (χ1n) is 9.36. The first-order valence-corrected chi connectivity index (χ1v) is 9.36. The Balaban J connectivity index is 2.08. The number of benzene rings is 2. The van der Waals surface area contributed by atoms with Gasteiger partial charge in [0.25, 0.3) is 5.91 Å². The van der Waals surface area contributed by atoms with Crippen LogP contribution in [0.1, 0.15) is 50.4 Å². The molecule has 2 aromatic rings. The predicted molar refractivity (Wildman–Crippen MR) is 106 cm³/mol. The zero-order chi connectivity index (χ0) is 18.8. The molecule has 0 saturated heterocycles. The van der Waals surface area contributed by atoms with Gasteiger partial charge in [-0.3, -0.25) is 4.79 Å². The van der Waals surface area contributed by atoms with Crippen LogP contribution in [0.3, 0.4) is 0 Å². The monoisotopic (exact) mass is 355 g/mol. The van der Waals surface area contributed by atoms with E-state index >= 15 is 0 Å². The standard InChI is InChI=1S/C22H29NO3/c1-4-5-15-25-21-13-9-7-11-19(21)23-22(24)18-10-6-8-12-20(18)26-16-14-17(2)3/h6-13,17H,4-5,14-16H2,1-3H3,(H,23,24). The number of hydrogen-bond donors (Lipinski definition) is 1. The van der Waals surface area contributed by atoms with Crippen LogP contribution in [0.25, 0.3) is 0 Å². The number of amides is 1. The molecule has 1 amide bonds. The Labute approximate surface area is 156 Å². The predicted octanol–water partition coefficient (Wildman–Crippen LogP) is 5.54. The summed E-state index contributed by atoms with van der Waals surface area (Å²) in [6.45, 7) is 7.65. The van der Waals surface area contributed by atoms with Crippen molar-refractivity contribution >= 4 is 11.6 Å². The molecule has 0 aliphatic carbocycles. The summed E-state index contributed by atoms with van der Waals surface area (Å²) >= 11 is 0. The zero-order valence-corrected chi connectivity index (χ0v) is 16.0. The van der Waals surface area contributed by atoms with Crippen LogP contribution in [0, 0.1) is 5.92 Å². The zero-order valence-electron chi connectivity index (χ0n) is 16.0. The normalized spacial score (nSPS) is 10.6. The van der Waals surface area contributed by atoms with Gasteiger partial charge in [0.1, 0.15) is 11.5 Å². The van der Waals surface area contributed by atoms with E-state index in [-0.39, 0.29) is 5.91 Å². The highest BCUT2D eigenvalue weighted by Gasteiger charge is 2.14.